The predicted molar refractivity (Wildman–Crippen MR) is 109 cm³/mol. The van der Waals surface area contributed by atoms with Gasteiger partial charge < -0.3 is 9.84 Å². The summed E-state index contributed by atoms with van der Waals surface area (Å²) in [4.78, 5) is 12.4. The van der Waals surface area contributed by atoms with Crippen molar-refractivity contribution in [2.75, 3.05) is 5.88 Å². The van der Waals surface area contributed by atoms with Gasteiger partial charge in [0.05, 0.1) is 22.8 Å². The number of alkyl halides is 2. The van der Waals surface area contributed by atoms with E-state index >= 15 is 0 Å². The topological polar surface area (TPSA) is 70.3 Å². The van der Waals surface area contributed by atoms with Crippen LogP contribution in [0.25, 0.3) is 0 Å². The van der Waals surface area contributed by atoms with Gasteiger partial charge in [-0.25, -0.2) is 4.39 Å². The molecule has 1 aliphatic carbocycles. The standard InChI is InChI=1S/C22H20Cl2FNO3/c1-21(2)19(16(24)11-23)22(21,20(27)28)15(12-26)13-8-9-17(25)18(10-13)29-14-6-4-3-5-7-14/h3-10,15-16,19H,11H2,1-2H3,(H,27,28). The zero-order valence-corrected chi connectivity index (χ0v) is 17.4. The maximum absolute atomic E-state index is 14.3. The molecule has 2 aromatic rings. The van der Waals surface area contributed by atoms with E-state index in [4.69, 9.17) is 27.9 Å². The fourth-order valence-electron chi connectivity index (χ4n) is 4.58. The maximum atomic E-state index is 14.3. The van der Waals surface area contributed by atoms with Crippen molar-refractivity contribution >= 4 is 29.2 Å². The number of nitrogens with zero attached hydrogens (tertiary/aromatic N) is 1. The van der Waals surface area contributed by atoms with E-state index in [2.05, 4.69) is 6.07 Å². The average Bonchev–Trinajstić information content (AvgIpc) is 3.22. The Kier molecular flexibility index (Phi) is 5.80. The lowest BCUT2D eigenvalue weighted by molar-refractivity contribution is -0.145. The van der Waals surface area contributed by atoms with E-state index in [9.17, 15) is 19.6 Å². The van der Waals surface area contributed by atoms with Crippen LogP contribution in [-0.2, 0) is 4.79 Å². The van der Waals surface area contributed by atoms with Crippen molar-refractivity contribution in [2.24, 2.45) is 16.7 Å². The summed E-state index contributed by atoms with van der Waals surface area (Å²) in [6, 6.07) is 14.7. The second kappa shape index (κ2) is 7.85. The third-order valence-electron chi connectivity index (χ3n) is 5.96. The smallest absolute Gasteiger partial charge is 0.312 e. The van der Waals surface area contributed by atoms with Crippen LogP contribution in [0.15, 0.2) is 48.5 Å². The van der Waals surface area contributed by atoms with Gasteiger partial charge in [0, 0.05) is 11.8 Å². The number of halogens is 3. The van der Waals surface area contributed by atoms with E-state index in [1.54, 1.807) is 44.2 Å². The van der Waals surface area contributed by atoms with Crippen molar-refractivity contribution in [3.63, 3.8) is 0 Å². The fourth-order valence-corrected chi connectivity index (χ4v) is 5.27. The zero-order valence-electron chi connectivity index (χ0n) is 15.9. The molecular formula is C22H20Cl2FNO3. The van der Waals surface area contributed by atoms with E-state index in [0.717, 1.165) is 0 Å². The van der Waals surface area contributed by atoms with Gasteiger partial charge in [0.15, 0.2) is 11.6 Å². The molecule has 3 rings (SSSR count). The van der Waals surface area contributed by atoms with Gasteiger partial charge in [-0.15, -0.1) is 23.2 Å². The van der Waals surface area contributed by atoms with E-state index in [0.29, 0.717) is 11.3 Å². The maximum Gasteiger partial charge on any atom is 0.312 e. The van der Waals surface area contributed by atoms with Gasteiger partial charge in [-0.3, -0.25) is 4.79 Å². The van der Waals surface area contributed by atoms with Gasteiger partial charge in [0.1, 0.15) is 5.75 Å². The summed E-state index contributed by atoms with van der Waals surface area (Å²) in [5, 5.41) is 19.4. The molecule has 0 radical (unpaired) electrons. The van der Waals surface area contributed by atoms with E-state index in [1.165, 1.54) is 18.2 Å². The number of benzene rings is 2. The Balaban J connectivity index is 2.05. The summed E-state index contributed by atoms with van der Waals surface area (Å²) in [5.74, 6) is -2.88. The first-order valence-electron chi connectivity index (χ1n) is 9.07. The highest BCUT2D eigenvalue weighted by Crippen LogP contribution is 2.76. The van der Waals surface area contributed by atoms with Crippen LogP contribution in [-0.4, -0.2) is 22.3 Å². The molecule has 4 unspecified atom stereocenters. The molecule has 152 valence electrons. The third-order valence-corrected chi connectivity index (χ3v) is 6.85. The van der Waals surface area contributed by atoms with Crippen LogP contribution in [0.3, 0.4) is 0 Å². The number of carboxylic acids is 1. The summed E-state index contributed by atoms with van der Waals surface area (Å²) in [5.41, 5.74) is -1.85. The molecule has 1 N–H and O–H groups in total. The number of hydrogen-bond donors (Lipinski definition) is 1. The monoisotopic (exact) mass is 435 g/mol. The minimum absolute atomic E-state index is 0.0641. The lowest BCUT2D eigenvalue weighted by Crippen LogP contribution is -2.30. The van der Waals surface area contributed by atoms with Crippen LogP contribution in [0.2, 0.25) is 0 Å². The summed E-state index contributed by atoms with van der Waals surface area (Å²) < 4.78 is 19.9. The zero-order chi connectivity index (χ0) is 21.4. The molecule has 1 fully saturated rings. The molecule has 7 heteroatoms. The van der Waals surface area contributed by atoms with Crippen molar-refractivity contribution < 1.29 is 19.0 Å². The second-order valence-electron chi connectivity index (χ2n) is 7.71. The first-order valence-corrected chi connectivity index (χ1v) is 10.0. The van der Waals surface area contributed by atoms with Gasteiger partial charge >= 0.3 is 5.97 Å². The number of aliphatic carboxylic acids is 1. The number of para-hydroxylation sites is 1. The minimum atomic E-state index is -1.44. The molecule has 4 nitrogen and oxygen atoms in total. The molecule has 0 heterocycles. The number of hydrogen-bond acceptors (Lipinski definition) is 3. The average molecular weight is 436 g/mol. The Morgan fingerprint density at radius 3 is 2.52 bits per heavy atom. The van der Waals surface area contributed by atoms with Crippen LogP contribution in [0.4, 0.5) is 4.39 Å². The van der Waals surface area contributed by atoms with Crippen molar-refractivity contribution in [3.05, 3.63) is 59.9 Å². The molecular weight excluding hydrogens is 416 g/mol. The highest BCUT2D eigenvalue weighted by atomic mass is 35.5. The Bertz CT molecular complexity index is 960. The highest BCUT2D eigenvalue weighted by Gasteiger charge is 2.80. The molecule has 4 atom stereocenters. The molecule has 0 aliphatic heterocycles. The molecule has 1 aliphatic rings. The predicted octanol–water partition coefficient (Wildman–Crippen LogP) is 5.80. The van der Waals surface area contributed by atoms with Crippen LogP contribution in [0.1, 0.15) is 25.3 Å². The lowest BCUT2D eigenvalue weighted by atomic mass is 9.78. The summed E-state index contributed by atoms with van der Waals surface area (Å²) in [6.07, 6.45) is 0. The number of carboxylic acid groups (broad SMARTS) is 1. The molecule has 29 heavy (non-hydrogen) atoms. The van der Waals surface area contributed by atoms with Crippen molar-refractivity contribution in [2.45, 2.75) is 25.1 Å². The Morgan fingerprint density at radius 2 is 1.97 bits per heavy atom. The molecule has 0 aromatic heterocycles. The molecule has 2 aromatic carbocycles. The second-order valence-corrected chi connectivity index (χ2v) is 8.58. The van der Waals surface area contributed by atoms with Crippen molar-refractivity contribution in [1.82, 2.24) is 0 Å². The number of rotatable bonds is 7. The van der Waals surface area contributed by atoms with E-state index < -0.39 is 39.8 Å². The van der Waals surface area contributed by atoms with Crippen LogP contribution in [0, 0.1) is 33.9 Å². The van der Waals surface area contributed by atoms with Crippen LogP contribution >= 0.6 is 23.2 Å². The largest absolute Gasteiger partial charge is 0.481 e. The van der Waals surface area contributed by atoms with Crippen LogP contribution < -0.4 is 4.74 Å². The lowest BCUT2D eigenvalue weighted by Gasteiger charge is -2.23. The van der Waals surface area contributed by atoms with Gasteiger partial charge in [-0.2, -0.15) is 5.26 Å². The van der Waals surface area contributed by atoms with Gasteiger partial charge in [-0.1, -0.05) is 38.1 Å². The molecule has 0 bridgehead atoms. The SMILES string of the molecule is CC1(C)C(C(Cl)CCl)C1(C(=O)O)C(C#N)c1ccc(F)c(Oc2ccccc2)c1. The number of carbonyl (C=O) groups is 1. The van der Waals surface area contributed by atoms with Gasteiger partial charge in [0.25, 0.3) is 0 Å². The normalized spacial score (nSPS) is 24.2. The fraction of sp³-hybridized carbons (Fsp3) is 0.364. The first-order chi connectivity index (χ1) is 13.7. The molecule has 1 saturated carbocycles. The minimum Gasteiger partial charge on any atom is -0.481 e. The molecule has 0 saturated heterocycles. The van der Waals surface area contributed by atoms with Gasteiger partial charge in [0.2, 0.25) is 0 Å². The highest BCUT2D eigenvalue weighted by molar-refractivity contribution is 6.28. The summed E-state index contributed by atoms with van der Waals surface area (Å²) >= 11 is 12.2. The quantitative estimate of drug-likeness (QED) is 0.557. The number of ether oxygens (including phenoxy) is 1. The first kappa shape index (κ1) is 21.4. The van der Waals surface area contributed by atoms with E-state index in [1.807, 2.05) is 0 Å². The third kappa shape index (κ3) is 3.35. The summed E-state index contributed by atoms with van der Waals surface area (Å²) in [7, 11) is 0. The van der Waals surface area contributed by atoms with Crippen molar-refractivity contribution in [3.8, 4) is 17.6 Å². The molecule has 0 spiro atoms. The summed E-state index contributed by atoms with van der Waals surface area (Å²) in [6.45, 7) is 3.53. The van der Waals surface area contributed by atoms with Crippen LogP contribution in [0.5, 0.6) is 11.5 Å². The Morgan fingerprint density at radius 1 is 1.31 bits per heavy atom. The Labute approximate surface area is 178 Å². The van der Waals surface area contributed by atoms with E-state index in [-0.39, 0.29) is 11.6 Å². The van der Waals surface area contributed by atoms with Crippen molar-refractivity contribution in [1.29, 1.82) is 5.26 Å². The number of nitriles is 1. The Hall–Kier alpha value is -2.29. The molecule has 0 amide bonds. The van der Waals surface area contributed by atoms with Gasteiger partial charge in [-0.05, 0) is 35.2 Å².